The van der Waals surface area contributed by atoms with Gasteiger partial charge in [0.05, 0.1) is 26.4 Å². The van der Waals surface area contributed by atoms with Gasteiger partial charge in [0, 0.05) is 13.0 Å². The highest BCUT2D eigenvalue weighted by Crippen LogP contribution is 2.26. The maximum absolute atomic E-state index is 13.0. The number of aliphatic hydroxyl groups excluding tert-OH is 7. The Morgan fingerprint density at radius 3 is 1.49 bits per heavy atom. The van der Waals surface area contributed by atoms with Gasteiger partial charge in [0.15, 0.2) is 12.6 Å². The molecule has 2 aliphatic rings. The summed E-state index contributed by atoms with van der Waals surface area (Å²) in [5.41, 5.74) is 0. The van der Waals surface area contributed by atoms with Crippen LogP contribution in [0.15, 0.2) is 36.5 Å². The molecule has 7 N–H and O–H groups in total. The van der Waals surface area contributed by atoms with Gasteiger partial charge in [0.25, 0.3) is 0 Å². The lowest BCUT2D eigenvalue weighted by molar-refractivity contribution is -0.332. The fraction of sp³-hybridized carbons (Fsp3) is 0.868. The van der Waals surface area contributed by atoms with Crippen LogP contribution in [0.1, 0.15) is 194 Å². The first-order valence-electron chi connectivity index (χ1n) is 26.6. The van der Waals surface area contributed by atoms with E-state index >= 15 is 0 Å². The fourth-order valence-electron chi connectivity index (χ4n) is 8.24. The number of allylic oxidation sites excluding steroid dienone is 6. The molecule has 11 unspecified atom stereocenters. The maximum Gasteiger partial charge on any atom is 0.306 e. The van der Waals surface area contributed by atoms with Gasteiger partial charge in [0.1, 0.15) is 54.9 Å². The predicted octanol–water partition coefficient (Wildman–Crippen LogP) is 8.19. The highest BCUT2D eigenvalue weighted by atomic mass is 16.7. The summed E-state index contributed by atoms with van der Waals surface area (Å²) < 4.78 is 34.3. The van der Waals surface area contributed by atoms with Crippen LogP contribution in [-0.4, -0.2) is 142 Å². The van der Waals surface area contributed by atoms with Crippen molar-refractivity contribution in [1.29, 1.82) is 0 Å². The topological polar surface area (TPSA) is 214 Å². The molecule has 14 heteroatoms. The van der Waals surface area contributed by atoms with Crippen LogP contribution in [0.2, 0.25) is 0 Å². The Bertz CT molecular complexity index is 1250. The number of carbonyl (C=O) groups is 1. The minimum absolute atomic E-state index is 0.0568. The van der Waals surface area contributed by atoms with Crippen LogP contribution < -0.4 is 0 Å². The van der Waals surface area contributed by atoms with Crippen molar-refractivity contribution in [3.05, 3.63) is 36.5 Å². The van der Waals surface area contributed by atoms with Crippen molar-refractivity contribution < 1.29 is 69.0 Å². The molecule has 0 aromatic rings. The first-order valence-corrected chi connectivity index (χ1v) is 26.6. The molecule has 67 heavy (non-hydrogen) atoms. The minimum atomic E-state index is -1.71. The molecule has 14 nitrogen and oxygen atoms in total. The van der Waals surface area contributed by atoms with Gasteiger partial charge >= 0.3 is 5.97 Å². The summed E-state index contributed by atoms with van der Waals surface area (Å²) in [6.07, 6.45) is 29.3. The molecule has 0 aromatic carbocycles. The average Bonchev–Trinajstić information content (AvgIpc) is 3.32. The number of unbranched alkanes of at least 4 members (excludes halogenated alkanes) is 22. The van der Waals surface area contributed by atoms with Gasteiger partial charge in [-0.1, -0.05) is 159 Å². The Hall–Kier alpha value is -1.79. The minimum Gasteiger partial charge on any atom is -0.457 e. The second-order valence-corrected chi connectivity index (χ2v) is 18.7. The van der Waals surface area contributed by atoms with E-state index in [0.717, 1.165) is 64.2 Å². The number of ether oxygens (including phenoxy) is 6. The number of hydrogen-bond acceptors (Lipinski definition) is 14. The van der Waals surface area contributed by atoms with Gasteiger partial charge < -0.3 is 64.2 Å². The van der Waals surface area contributed by atoms with E-state index < -0.39 is 80.7 Å². The summed E-state index contributed by atoms with van der Waals surface area (Å²) >= 11 is 0. The Kier molecular flexibility index (Phi) is 37.4. The van der Waals surface area contributed by atoms with E-state index in [4.69, 9.17) is 28.4 Å². The molecule has 11 atom stereocenters. The van der Waals surface area contributed by atoms with E-state index in [0.29, 0.717) is 13.0 Å². The lowest BCUT2D eigenvalue weighted by Crippen LogP contribution is -2.61. The zero-order valence-electron chi connectivity index (χ0n) is 41.6. The zero-order valence-corrected chi connectivity index (χ0v) is 41.6. The summed E-state index contributed by atoms with van der Waals surface area (Å²) in [5, 5.41) is 72.1. The highest BCUT2D eigenvalue weighted by Gasteiger charge is 2.47. The summed E-state index contributed by atoms with van der Waals surface area (Å²) in [4.78, 5) is 13.0. The SMILES string of the molecule is CCCC/C=C\CCCCCCCC(=O)OC(COCCCCCCCCCCCC/C=C\C/C=C\CCCCCCC)COC1OC(COC2OC(CO)C(O)C(O)C2O)C(O)C(O)C1O. The number of rotatable bonds is 42. The van der Waals surface area contributed by atoms with Crippen molar-refractivity contribution in [3.8, 4) is 0 Å². The molecule has 0 aromatic heterocycles. The smallest absolute Gasteiger partial charge is 0.306 e. The molecule has 2 aliphatic heterocycles. The number of carbonyl (C=O) groups excluding carboxylic acids is 1. The zero-order chi connectivity index (χ0) is 48.7. The third-order valence-corrected chi connectivity index (χ3v) is 12.6. The predicted molar refractivity (Wildman–Crippen MR) is 261 cm³/mol. The van der Waals surface area contributed by atoms with E-state index in [2.05, 4.69) is 50.3 Å². The molecular weight excluding hydrogens is 861 g/mol. The first kappa shape index (κ1) is 61.3. The van der Waals surface area contributed by atoms with E-state index in [1.165, 1.54) is 103 Å². The van der Waals surface area contributed by atoms with Crippen LogP contribution >= 0.6 is 0 Å². The molecule has 2 saturated heterocycles. The van der Waals surface area contributed by atoms with Crippen LogP contribution in [-0.2, 0) is 33.2 Å². The van der Waals surface area contributed by atoms with Crippen LogP contribution in [0, 0.1) is 0 Å². The van der Waals surface area contributed by atoms with Crippen molar-refractivity contribution in [3.63, 3.8) is 0 Å². The standard InChI is InChI=1S/C53H96O14/c1-3-5-7-9-11-13-15-16-17-18-19-20-21-22-23-24-25-27-29-31-33-35-37-62-39-42(65-45(55)36-34-32-30-28-26-14-12-10-8-6-4-2)40-63-52-51(61)49(59)47(57)44(67-52)41-64-53-50(60)48(58)46(56)43(38-54)66-53/h10,12,15-16,18-19,42-44,46-54,56-61H,3-9,11,13-14,17,20-41H2,1-2H3/b12-10-,16-15-,19-18-. The van der Waals surface area contributed by atoms with Crippen molar-refractivity contribution in [2.45, 2.75) is 261 Å². The fourth-order valence-corrected chi connectivity index (χ4v) is 8.24. The lowest BCUT2D eigenvalue weighted by atomic mass is 9.98. The summed E-state index contributed by atoms with van der Waals surface area (Å²) in [5.74, 6) is -0.388. The molecule has 0 spiro atoms. The van der Waals surface area contributed by atoms with Crippen molar-refractivity contribution >= 4 is 5.97 Å². The van der Waals surface area contributed by atoms with Crippen molar-refractivity contribution in [2.24, 2.45) is 0 Å². The monoisotopic (exact) mass is 957 g/mol. The Labute approximate surface area is 404 Å². The molecule has 2 fully saturated rings. The normalized spacial score (nSPS) is 26.3. The van der Waals surface area contributed by atoms with Crippen LogP contribution in [0.3, 0.4) is 0 Å². The van der Waals surface area contributed by atoms with E-state index in [1.807, 2.05) is 0 Å². The van der Waals surface area contributed by atoms with Crippen LogP contribution in [0.25, 0.3) is 0 Å². The number of esters is 1. The lowest BCUT2D eigenvalue weighted by Gasteiger charge is -2.42. The molecule has 0 amide bonds. The summed E-state index contributed by atoms with van der Waals surface area (Å²) in [6.45, 7) is 3.62. The van der Waals surface area contributed by atoms with Gasteiger partial charge in [-0.25, -0.2) is 0 Å². The molecule has 0 saturated carbocycles. The third-order valence-electron chi connectivity index (χ3n) is 12.6. The maximum atomic E-state index is 13.0. The number of hydrogen-bond donors (Lipinski definition) is 7. The summed E-state index contributed by atoms with van der Waals surface area (Å²) in [6, 6.07) is 0. The van der Waals surface area contributed by atoms with Gasteiger partial charge in [-0.3, -0.25) is 4.79 Å². The summed E-state index contributed by atoms with van der Waals surface area (Å²) in [7, 11) is 0. The van der Waals surface area contributed by atoms with Gasteiger partial charge in [-0.05, 0) is 64.2 Å². The second-order valence-electron chi connectivity index (χ2n) is 18.7. The molecule has 0 bridgehead atoms. The molecule has 0 radical (unpaired) electrons. The molecule has 392 valence electrons. The number of aliphatic hydroxyl groups is 7. The Morgan fingerprint density at radius 1 is 0.493 bits per heavy atom. The van der Waals surface area contributed by atoms with E-state index in [-0.39, 0.29) is 25.6 Å². The van der Waals surface area contributed by atoms with Crippen LogP contribution in [0.5, 0.6) is 0 Å². The highest BCUT2D eigenvalue weighted by molar-refractivity contribution is 5.69. The Morgan fingerprint density at radius 2 is 0.940 bits per heavy atom. The van der Waals surface area contributed by atoms with Crippen LogP contribution in [0.4, 0.5) is 0 Å². The molecule has 2 heterocycles. The van der Waals surface area contributed by atoms with Gasteiger partial charge in [-0.2, -0.15) is 0 Å². The Balaban J connectivity index is 1.72. The quantitative estimate of drug-likeness (QED) is 0.0175. The van der Waals surface area contributed by atoms with Gasteiger partial charge in [0.2, 0.25) is 0 Å². The third kappa shape index (κ3) is 28.6. The largest absolute Gasteiger partial charge is 0.457 e. The van der Waals surface area contributed by atoms with Gasteiger partial charge in [-0.15, -0.1) is 0 Å². The second kappa shape index (κ2) is 40.9. The van der Waals surface area contributed by atoms with Crippen molar-refractivity contribution in [2.75, 3.05) is 33.0 Å². The molecule has 0 aliphatic carbocycles. The van der Waals surface area contributed by atoms with Crippen molar-refractivity contribution in [1.82, 2.24) is 0 Å². The van der Waals surface area contributed by atoms with E-state index in [1.54, 1.807) is 0 Å². The molecular formula is C53H96O14. The molecule has 2 rings (SSSR count). The average molecular weight is 957 g/mol. The first-order chi connectivity index (χ1) is 32.6. The van der Waals surface area contributed by atoms with E-state index in [9.17, 15) is 40.5 Å².